The zero-order chi connectivity index (χ0) is 12.3. The molecule has 0 aromatic carbocycles. The summed E-state index contributed by atoms with van der Waals surface area (Å²) < 4.78 is 1.67. The van der Waals surface area contributed by atoms with E-state index in [2.05, 4.69) is 15.4 Å². The first-order valence-corrected chi connectivity index (χ1v) is 5.54. The van der Waals surface area contributed by atoms with Gasteiger partial charge >= 0.3 is 0 Å². The number of aliphatic hydroxyl groups is 1. The maximum atomic E-state index is 8.88. The van der Waals surface area contributed by atoms with Crippen LogP contribution in [0.4, 0.5) is 5.82 Å². The lowest BCUT2D eigenvalue weighted by atomic mass is 10.3. The highest BCUT2D eigenvalue weighted by Gasteiger charge is 2.05. The van der Waals surface area contributed by atoms with Crippen molar-refractivity contribution in [2.24, 2.45) is 7.05 Å². The fourth-order valence-corrected chi connectivity index (χ4v) is 1.67. The fraction of sp³-hybridized carbons (Fsp3) is 0.273. The number of nitrogens with one attached hydrogen (secondary N) is 1. The molecule has 90 valence electrons. The minimum Gasteiger partial charge on any atom is -0.392 e. The number of aromatic nitrogens is 3. The van der Waals surface area contributed by atoms with Crippen LogP contribution in [0.2, 0.25) is 5.02 Å². The number of aryl methyl sites for hydroxylation is 1. The summed E-state index contributed by atoms with van der Waals surface area (Å²) in [6.45, 7) is 0.518. The molecule has 2 N–H and O–H groups in total. The standard InChI is InChI=1S/C11H13ClN4O/c1-16-6-9(12)10(15-16)5-14-11-3-2-8(7-17)4-13-11/h2-4,6,17H,5,7H2,1H3,(H,13,14). The second-order valence-corrected chi connectivity index (χ2v) is 4.07. The molecule has 0 unspecified atom stereocenters. The molecule has 0 aliphatic heterocycles. The number of aliphatic hydroxyl groups excluding tert-OH is 1. The topological polar surface area (TPSA) is 63.0 Å². The molecule has 2 rings (SSSR count). The summed E-state index contributed by atoms with van der Waals surface area (Å²) in [5.74, 6) is 0.726. The molecule has 0 spiro atoms. The van der Waals surface area contributed by atoms with Crippen molar-refractivity contribution >= 4 is 17.4 Å². The second-order valence-electron chi connectivity index (χ2n) is 3.66. The van der Waals surface area contributed by atoms with Crippen molar-refractivity contribution in [3.8, 4) is 0 Å². The molecule has 0 saturated carbocycles. The zero-order valence-corrected chi connectivity index (χ0v) is 10.1. The van der Waals surface area contributed by atoms with Crippen LogP contribution in [0, 0.1) is 0 Å². The maximum absolute atomic E-state index is 8.88. The van der Waals surface area contributed by atoms with Crippen LogP contribution < -0.4 is 5.32 Å². The van der Waals surface area contributed by atoms with E-state index in [0.717, 1.165) is 17.1 Å². The van der Waals surface area contributed by atoms with Gasteiger partial charge in [0.15, 0.2) is 0 Å². The Hall–Kier alpha value is -1.59. The van der Waals surface area contributed by atoms with Gasteiger partial charge in [0.05, 0.1) is 18.2 Å². The Labute approximate surface area is 104 Å². The van der Waals surface area contributed by atoms with Gasteiger partial charge in [-0.25, -0.2) is 4.98 Å². The van der Waals surface area contributed by atoms with Crippen LogP contribution in [0.25, 0.3) is 0 Å². The van der Waals surface area contributed by atoms with Crippen molar-refractivity contribution in [2.75, 3.05) is 5.32 Å². The highest BCUT2D eigenvalue weighted by Crippen LogP contribution is 2.14. The van der Waals surface area contributed by atoms with Gasteiger partial charge in [0.2, 0.25) is 0 Å². The molecular formula is C11H13ClN4O. The van der Waals surface area contributed by atoms with Crippen LogP contribution >= 0.6 is 11.6 Å². The van der Waals surface area contributed by atoms with Gasteiger partial charge in [0.1, 0.15) is 11.5 Å². The number of hydrogen-bond acceptors (Lipinski definition) is 4. The molecule has 2 heterocycles. The highest BCUT2D eigenvalue weighted by molar-refractivity contribution is 6.31. The van der Waals surface area contributed by atoms with E-state index in [1.165, 1.54) is 0 Å². The molecule has 5 nitrogen and oxygen atoms in total. The first kappa shape index (κ1) is 11.9. The van der Waals surface area contributed by atoms with E-state index in [1.807, 2.05) is 19.2 Å². The van der Waals surface area contributed by atoms with Gasteiger partial charge in [-0.3, -0.25) is 4.68 Å². The molecule has 2 aromatic rings. The lowest BCUT2D eigenvalue weighted by molar-refractivity contribution is 0.281. The van der Waals surface area contributed by atoms with E-state index in [0.29, 0.717) is 11.6 Å². The van der Waals surface area contributed by atoms with Crippen molar-refractivity contribution < 1.29 is 5.11 Å². The van der Waals surface area contributed by atoms with Crippen LogP contribution in [0.1, 0.15) is 11.3 Å². The zero-order valence-electron chi connectivity index (χ0n) is 9.39. The molecular weight excluding hydrogens is 240 g/mol. The van der Waals surface area contributed by atoms with Gasteiger partial charge in [-0.2, -0.15) is 5.10 Å². The van der Waals surface area contributed by atoms with Gasteiger partial charge in [0, 0.05) is 19.4 Å². The number of anilines is 1. The normalized spacial score (nSPS) is 10.5. The Kier molecular flexibility index (Phi) is 3.61. The van der Waals surface area contributed by atoms with E-state index in [9.17, 15) is 0 Å². The molecule has 2 aromatic heterocycles. The molecule has 0 amide bonds. The van der Waals surface area contributed by atoms with Crippen molar-refractivity contribution in [1.29, 1.82) is 0 Å². The largest absolute Gasteiger partial charge is 0.392 e. The van der Waals surface area contributed by atoms with Crippen molar-refractivity contribution in [3.05, 3.63) is 40.8 Å². The molecule has 0 saturated heterocycles. The van der Waals surface area contributed by atoms with E-state index in [1.54, 1.807) is 17.1 Å². The summed E-state index contributed by atoms with van der Waals surface area (Å²) in [5, 5.41) is 16.8. The van der Waals surface area contributed by atoms with E-state index in [4.69, 9.17) is 16.7 Å². The van der Waals surface area contributed by atoms with Gasteiger partial charge < -0.3 is 10.4 Å². The smallest absolute Gasteiger partial charge is 0.126 e. The monoisotopic (exact) mass is 252 g/mol. The summed E-state index contributed by atoms with van der Waals surface area (Å²) in [7, 11) is 1.82. The predicted octanol–water partition coefficient (Wildman–Crippen LogP) is 1.57. The third kappa shape index (κ3) is 2.95. The first-order valence-electron chi connectivity index (χ1n) is 5.16. The van der Waals surface area contributed by atoms with Gasteiger partial charge in [-0.15, -0.1) is 0 Å². The maximum Gasteiger partial charge on any atom is 0.126 e. The Morgan fingerprint density at radius 1 is 1.47 bits per heavy atom. The Bertz CT molecular complexity index is 495. The molecule has 6 heteroatoms. The molecule has 0 bridgehead atoms. The summed E-state index contributed by atoms with van der Waals surface area (Å²) in [4.78, 5) is 4.15. The van der Waals surface area contributed by atoms with Crippen LogP contribution in [0.5, 0.6) is 0 Å². The minimum absolute atomic E-state index is 0.000646. The Balaban J connectivity index is 1.99. The fourth-order valence-electron chi connectivity index (χ4n) is 1.42. The number of halogens is 1. The number of rotatable bonds is 4. The van der Waals surface area contributed by atoms with Gasteiger partial charge in [-0.05, 0) is 11.6 Å². The van der Waals surface area contributed by atoms with Crippen LogP contribution in [0.15, 0.2) is 24.5 Å². The molecule has 0 atom stereocenters. The van der Waals surface area contributed by atoms with E-state index >= 15 is 0 Å². The lowest BCUT2D eigenvalue weighted by Crippen LogP contribution is -2.03. The van der Waals surface area contributed by atoms with Crippen LogP contribution in [-0.2, 0) is 20.2 Å². The summed E-state index contributed by atoms with van der Waals surface area (Å²) in [6.07, 6.45) is 3.38. The SMILES string of the molecule is Cn1cc(Cl)c(CNc2ccc(CO)cn2)n1. The van der Waals surface area contributed by atoms with Crippen LogP contribution in [-0.4, -0.2) is 19.9 Å². The molecule has 0 radical (unpaired) electrons. The summed E-state index contributed by atoms with van der Waals surface area (Å²) in [5.41, 5.74) is 1.56. The van der Waals surface area contributed by atoms with E-state index < -0.39 is 0 Å². The number of hydrogen-bond donors (Lipinski definition) is 2. The van der Waals surface area contributed by atoms with Gasteiger partial charge in [-0.1, -0.05) is 17.7 Å². The van der Waals surface area contributed by atoms with E-state index in [-0.39, 0.29) is 6.61 Å². The first-order chi connectivity index (χ1) is 8.19. The third-order valence-corrected chi connectivity index (χ3v) is 2.61. The van der Waals surface area contributed by atoms with Crippen molar-refractivity contribution in [2.45, 2.75) is 13.2 Å². The average molecular weight is 253 g/mol. The summed E-state index contributed by atoms with van der Waals surface area (Å²) in [6, 6.07) is 3.62. The van der Waals surface area contributed by atoms with Crippen molar-refractivity contribution in [3.63, 3.8) is 0 Å². The summed E-state index contributed by atoms with van der Waals surface area (Å²) >= 11 is 5.98. The third-order valence-electron chi connectivity index (χ3n) is 2.30. The molecule has 0 aliphatic carbocycles. The molecule has 0 aliphatic rings. The molecule has 0 fully saturated rings. The molecule has 17 heavy (non-hydrogen) atoms. The second kappa shape index (κ2) is 5.16. The van der Waals surface area contributed by atoms with Crippen molar-refractivity contribution in [1.82, 2.24) is 14.8 Å². The highest BCUT2D eigenvalue weighted by atomic mass is 35.5. The Morgan fingerprint density at radius 2 is 2.29 bits per heavy atom. The number of nitrogens with zero attached hydrogens (tertiary/aromatic N) is 3. The average Bonchev–Trinajstić information content (AvgIpc) is 2.66. The quantitative estimate of drug-likeness (QED) is 0.867. The predicted molar refractivity (Wildman–Crippen MR) is 65.7 cm³/mol. The Morgan fingerprint density at radius 3 is 2.82 bits per heavy atom. The van der Waals surface area contributed by atoms with Gasteiger partial charge in [0.25, 0.3) is 0 Å². The van der Waals surface area contributed by atoms with Crippen LogP contribution in [0.3, 0.4) is 0 Å². The lowest BCUT2D eigenvalue weighted by Gasteiger charge is -2.04. The minimum atomic E-state index is -0.000646. The number of pyridine rings is 1.